The minimum Gasteiger partial charge on any atom is -0.508 e. The summed E-state index contributed by atoms with van der Waals surface area (Å²) in [6.07, 6.45) is 2.02. The standard InChI is InChI=1S/C6H10O2.C6H6O/c1-3-5-8-6(7)4-2;7-6-4-2-1-3-5-6/h4H,2-3,5H2,1H3;1-5,7H. The third kappa shape index (κ3) is 8.56. The van der Waals surface area contributed by atoms with Gasteiger partial charge in [0.05, 0.1) is 6.61 Å². The van der Waals surface area contributed by atoms with Crippen LogP contribution in [0.2, 0.25) is 0 Å². The number of aromatic hydroxyl groups is 1. The van der Waals surface area contributed by atoms with Crippen molar-refractivity contribution in [3.63, 3.8) is 0 Å². The van der Waals surface area contributed by atoms with Crippen LogP contribution < -0.4 is 0 Å². The van der Waals surface area contributed by atoms with Gasteiger partial charge in [-0.2, -0.15) is 0 Å². The van der Waals surface area contributed by atoms with E-state index < -0.39 is 0 Å². The van der Waals surface area contributed by atoms with Gasteiger partial charge in [-0.25, -0.2) is 4.79 Å². The first kappa shape index (κ1) is 13.2. The number of carbonyl (C=O) groups excluding carboxylic acids is 1. The van der Waals surface area contributed by atoms with Crippen LogP contribution in [-0.2, 0) is 9.53 Å². The molecule has 0 aliphatic rings. The van der Waals surface area contributed by atoms with E-state index in [1.807, 2.05) is 13.0 Å². The lowest BCUT2D eigenvalue weighted by Gasteiger charge is -1.94. The normalized spacial score (nSPS) is 8.33. The largest absolute Gasteiger partial charge is 0.508 e. The lowest BCUT2D eigenvalue weighted by Crippen LogP contribution is -1.99. The van der Waals surface area contributed by atoms with Crippen molar-refractivity contribution in [2.45, 2.75) is 13.3 Å². The molecule has 0 saturated carbocycles. The average Bonchev–Trinajstić information content (AvgIpc) is 2.28. The number of carbonyl (C=O) groups is 1. The molecule has 0 spiro atoms. The van der Waals surface area contributed by atoms with E-state index in [4.69, 9.17) is 5.11 Å². The molecule has 0 atom stereocenters. The number of esters is 1. The number of rotatable bonds is 3. The summed E-state index contributed by atoms with van der Waals surface area (Å²) in [7, 11) is 0. The van der Waals surface area contributed by atoms with E-state index in [0.29, 0.717) is 12.4 Å². The van der Waals surface area contributed by atoms with Gasteiger partial charge in [0, 0.05) is 6.08 Å². The zero-order chi connectivity index (χ0) is 11.5. The Labute approximate surface area is 90.0 Å². The highest BCUT2D eigenvalue weighted by Crippen LogP contribution is 2.02. The summed E-state index contributed by atoms with van der Waals surface area (Å²) in [4.78, 5) is 10.2. The Morgan fingerprint density at radius 1 is 1.47 bits per heavy atom. The molecule has 0 unspecified atom stereocenters. The van der Waals surface area contributed by atoms with Gasteiger partial charge >= 0.3 is 5.97 Å². The summed E-state index contributed by atoms with van der Waals surface area (Å²) in [5.74, 6) is -0.0191. The molecule has 0 fully saturated rings. The Kier molecular flexibility index (Phi) is 7.77. The van der Waals surface area contributed by atoms with Gasteiger partial charge in [0.1, 0.15) is 5.75 Å². The Morgan fingerprint density at radius 2 is 2.07 bits per heavy atom. The third-order valence-electron chi connectivity index (χ3n) is 1.37. The summed E-state index contributed by atoms with van der Waals surface area (Å²) >= 11 is 0. The molecule has 0 saturated heterocycles. The SMILES string of the molecule is C=CC(=O)OCCC.Oc1ccccc1. The molecular formula is C12H16O3. The van der Waals surface area contributed by atoms with Crippen molar-refractivity contribution in [2.24, 2.45) is 0 Å². The van der Waals surface area contributed by atoms with Crippen LogP contribution in [0.4, 0.5) is 0 Å². The fourth-order valence-electron chi connectivity index (χ4n) is 0.690. The number of hydrogen-bond donors (Lipinski definition) is 1. The minimum absolute atomic E-state index is 0.322. The molecule has 3 heteroatoms. The van der Waals surface area contributed by atoms with Crippen molar-refractivity contribution in [1.29, 1.82) is 0 Å². The Morgan fingerprint density at radius 3 is 2.40 bits per heavy atom. The fraction of sp³-hybridized carbons (Fsp3) is 0.250. The molecule has 1 aromatic carbocycles. The molecule has 1 rings (SSSR count). The highest BCUT2D eigenvalue weighted by molar-refractivity contribution is 5.81. The van der Waals surface area contributed by atoms with Gasteiger partial charge in [0.2, 0.25) is 0 Å². The van der Waals surface area contributed by atoms with Gasteiger partial charge in [-0.1, -0.05) is 31.7 Å². The van der Waals surface area contributed by atoms with Crippen molar-refractivity contribution in [1.82, 2.24) is 0 Å². The Balaban J connectivity index is 0.000000262. The van der Waals surface area contributed by atoms with Crippen LogP contribution in [0.25, 0.3) is 0 Å². The van der Waals surface area contributed by atoms with Crippen LogP contribution in [-0.4, -0.2) is 17.7 Å². The quantitative estimate of drug-likeness (QED) is 0.613. The van der Waals surface area contributed by atoms with Crippen LogP contribution in [0, 0.1) is 0 Å². The number of benzene rings is 1. The average molecular weight is 208 g/mol. The number of para-hydroxylation sites is 1. The predicted molar refractivity (Wildman–Crippen MR) is 59.6 cm³/mol. The molecule has 1 aromatic rings. The molecule has 0 radical (unpaired) electrons. The first-order valence-electron chi connectivity index (χ1n) is 4.74. The third-order valence-corrected chi connectivity index (χ3v) is 1.37. The molecule has 1 N–H and O–H groups in total. The van der Waals surface area contributed by atoms with Crippen molar-refractivity contribution < 1.29 is 14.6 Å². The fourth-order valence-corrected chi connectivity index (χ4v) is 0.690. The topological polar surface area (TPSA) is 46.5 Å². The second-order valence-electron chi connectivity index (χ2n) is 2.71. The highest BCUT2D eigenvalue weighted by atomic mass is 16.5. The second kappa shape index (κ2) is 8.81. The van der Waals surface area contributed by atoms with Gasteiger partial charge < -0.3 is 9.84 Å². The van der Waals surface area contributed by atoms with Gasteiger partial charge in [-0.3, -0.25) is 0 Å². The number of hydrogen-bond acceptors (Lipinski definition) is 3. The van der Waals surface area contributed by atoms with Crippen molar-refractivity contribution in [3.05, 3.63) is 43.0 Å². The molecule has 0 amide bonds. The van der Waals surface area contributed by atoms with Crippen LogP contribution in [0.5, 0.6) is 5.75 Å². The summed E-state index contributed by atoms with van der Waals surface area (Å²) in [6.45, 7) is 5.67. The zero-order valence-electron chi connectivity index (χ0n) is 8.85. The lowest BCUT2D eigenvalue weighted by atomic mass is 10.3. The van der Waals surface area contributed by atoms with E-state index >= 15 is 0 Å². The highest BCUT2D eigenvalue weighted by Gasteiger charge is 1.89. The smallest absolute Gasteiger partial charge is 0.330 e. The second-order valence-corrected chi connectivity index (χ2v) is 2.71. The molecule has 0 aliphatic carbocycles. The monoisotopic (exact) mass is 208 g/mol. The Bertz CT molecular complexity index is 280. The summed E-state index contributed by atoms with van der Waals surface area (Å²) < 4.78 is 4.58. The van der Waals surface area contributed by atoms with Crippen molar-refractivity contribution in [3.8, 4) is 5.75 Å². The van der Waals surface area contributed by atoms with Crippen LogP contribution in [0.1, 0.15) is 13.3 Å². The maximum atomic E-state index is 10.2. The molecule has 82 valence electrons. The number of phenolic OH excluding ortho intramolecular Hbond substituents is 1. The number of phenols is 1. The van der Waals surface area contributed by atoms with E-state index in [2.05, 4.69) is 11.3 Å². The molecule has 0 bridgehead atoms. The summed E-state index contributed by atoms with van der Waals surface area (Å²) in [5, 5.41) is 8.63. The number of ether oxygens (including phenoxy) is 1. The summed E-state index contributed by atoms with van der Waals surface area (Å²) in [5.41, 5.74) is 0. The predicted octanol–water partition coefficient (Wildman–Crippen LogP) is 2.52. The van der Waals surface area contributed by atoms with Crippen LogP contribution >= 0.6 is 0 Å². The molecule has 15 heavy (non-hydrogen) atoms. The molecule has 0 aliphatic heterocycles. The maximum Gasteiger partial charge on any atom is 0.330 e. The van der Waals surface area contributed by atoms with E-state index in [1.165, 1.54) is 0 Å². The van der Waals surface area contributed by atoms with Crippen LogP contribution in [0.15, 0.2) is 43.0 Å². The van der Waals surface area contributed by atoms with Crippen molar-refractivity contribution in [2.75, 3.05) is 6.61 Å². The first-order chi connectivity index (χ1) is 7.20. The van der Waals surface area contributed by atoms with E-state index in [-0.39, 0.29) is 5.97 Å². The first-order valence-corrected chi connectivity index (χ1v) is 4.74. The van der Waals surface area contributed by atoms with E-state index in [0.717, 1.165) is 12.5 Å². The van der Waals surface area contributed by atoms with Crippen LogP contribution in [0.3, 0.4) is 0 Å². The van der Waals surface area contributed by atoms with E-state index in [1.54, 1.807) is 24.3 Å². The maximum absolute atomic E-state index is 10.2. The van der Waals surface area contributed by atoms with Gasteiger partial charge in [0.25, 0.3) is 0 Å². The van der Waals surface area contributed by atoms with E-state index in [9.17, 15) is 4.79 Å². The summed E-state index contributed by atoms with van der Waals surface area (Å²) in [6, 6.07) is 8.71. The van der Waals surface area contributed by atoms with Crippen molar-refractivity contribution >= 4 is 5.97 Å². The minimum atomic E-state index is -0.341. The molecule has 0 aromatic heterocycles. The van der Waals surface area contributed by atoms with Gasteiger partial charge in [-0.05, 0) is 18.6 Å². The molecule has 3 nitrogen and oxygen atoms in total. The molecule has 0 heterocycles. The molecular weight excluding hydrogens is 192 g/mol. The zero-order valence-corrected chi connectivity index (χ0v) is 8.85. The Hall–Kier alpha value is -1.77. The van der Waals surface area contributed by atoms with Gasteiger partial charge in [-0.15, -0.1) is 0 Å². The lowest BCUT2D eigenvalue weighted by molar-refractivity contribution is -0.137. The van der Waals surface area contributed by atoms with Gasteiger partial charge in [0.15, 0.2) is 0 Å².